The molecule has 0 saturated heterocycles. The fraction of sp³-hybridized carbons (Fsp3) is 0.308. The molecular formula is C13H16N6O2. The van der Waals surface area contributed by atoms with Crippen LogP contribution in [0.25, 0.3) is 0 Å². The van der Waals surface area contributed by atoms with Crippen molar-refractivity contribution in [1.82, 2.24) is 15.0 Å². The summed E-state index contributed by atoms with van der Waals surface area (Å²) in [6, 6.07) is 3.54. The summed E-state index contributed by atoms with van der Waals surface area (Å²) in [5.41, 5.74) is 0.755. The van der Waals surface area contributed by atoms with Crippen LogP contribution < -0.4 is 10.6 Å². The fourth-order valence-corrected chi connectivity index (χ4v) is 1.87. The highest BCUT2D eigenvalue weighted by molar-refractivity contribution is 5.69. The minimum Gasteiger partial charge on any atom is -0.364 e. The molecule has 2 heterocycles. The Kier molecular flexibility index (Phi) is 4.60. The molecule has 1 unspecified atom stereocenters. The predicted octanol–water partition coefficient (Wildman–Crippen LogP) is 2.38. The van der Waals surface area contributed by atoms with E-state index in [0.29, 0.717) is 6.54 Å². The van der Waals surface area contributed by atoms with E-state index in [1.807, 2.05) is 26.0 Å². The molecule has 21 heavy (non-hydrogen) atoms. The monoisotopic (exact) mass is 288 g/mol. The lowest BCUT2D eigenvalue weighted by Crippen LogP contribution is -2.12. The normalized spacial score (nSPS) is 11.7. The van der Waals surface area contributed by atoms with E-state index in [2.05, 4.69) is 25.6 Å². The quantitative estimate of drug-likeness (QED) is 0.620. The van der Waals surface area contributed by atoms with E-state index >= 15 is 0 Å². The SMILES string of the molecule is CCNc1ncnc(NC(C)c2cccnc2)c1[N+](=O)[O-]. The smallest absolute Gasteiger partial charge is 0.353 e. The number of anilines is 2. The summed E-state index contributed by atoms with van der Waals surface area (Å²) in [5.74, 6) is 0.390. The molecule has 0 bridgehead atoms. The van der Waals surface area contributed by atoms with E-state index < -0.39 is 4.92 Å². The number of nitrogens with one attached hydrogen (secondary N) is 2. The number of nitrogens with zero attached hydrogens (tertiary/aromatic N) is 4. The molecule has 1 atom stereocenters. The molecule has 0 radical (unpaired) electrons. The summed E-state index contributed by atoms with van der Waals surface area (Å²) < 4.78 is 0. The zero-order valence-corrected chi connectivity index (χ0v) is 11.8. The number of pyridine rings is 1. The topological polar surface area (TPSA) is 106 Å². The van der Waals surface area contributed by atoms with Crippen LogP contribution in [0.15, 0.2) is 30.9 Å². The highest BCUT2D eigenvalue weighted by Crippen LogP contribution is 2.31. The molecule has 2 aromatic heterocycles. The van der Waals surface area contributed by atoms with Gasteiger partial charge in [-0.2, -0.15) is 0 Å². The summed E-state index contributed by atoms with van der Waals surface area (Å²) in [5, 5.41) is 17.2. The summed E-state index contributed by atoms with van der Waals surface area (Å²) in [6.07, 6.45) is 4.67. The third kappa shape index (κ3) is 3.41. The first-order valence-corrected chi connectivity index (χ1v) is 6.53. The Bertz CT molecular complexity index is 619. The Hall–Kier alpha value is -2.77. The van der Waals surface area contributed by atoms with Crippen molar-refractivity contribution in [3.63, 3.8) is 0 Å². The molecule has 2 N–H and O–H groups in total. The Balaban J connectivity index is 2.31. The lowest BCUT2D eigenvalue weighted by molar-refractivity contribution is -0.383. The van der Waals surface area contributed by atoms with E-state index in [1.165, 1.54) is 6.33 Å². The molecule has 8 heteroatoms. The second-order valence-electron chi connectivity index (χ2n) is 4.36. The highest BCUT2D eigenvalue weighted by Gasteiger charge is 2.23. The van der Waals surface area contributed by atoms with Gasteiger partial charge in [-0.1, -0.05) is 6.07 Å². The molecule has 2 aromatic rings. The van der Waals surface area contributed by atoms with Crippen molar-refractivity contribution in [1.29, 1.82) is 0 Å². The average Bonchev–Trinajstić information content (AvgIpc) is 2.48. The first-order valence-electron chi connectivity index (χ1n) is 6.53. The third-order valence-electron chi connectivity index (χ3n) is 2.89. The Morgan fingerprint density at radius 2 is 2.14 bits per heavy atom. The van der Waals surface area contributed by atoms with Crippen LogP contribution in [0.3, 0.4) is 0 Å². The molecule has 0 saturated carbocycles. The molecule has 0 aromatic carbocycles. The third-order valence-corrected chi connectivity index (χ3v) is 2.89. The molecule has 0 fully saturated rings. The lowest BCUT2D eigenvalue weighted by Gasteiger charge is -2.15. The van der Waals surface area contributed by atoms with Crippen molar-refractivity contribution in [3.8, 4) is 0 Å². The average molecular weight is 288 g/mol. The lowest BCUT2D eigenvalue weighted by atomic mass is 10.1. The molecule has 0 amide bonds. The minimum absolute atomic E-state index is 0.157. The van der Waals surface area contributed by atoms with Gasteiger partial charge in [0.05, 0.1) is 11.0 Å². The second-order valence-corrected chi connectivity index (χ2v) is 4.36. The van der Waals surface area contributed by atoms with Crippen molar-refractivity contribution < 1.29 is 4.92 Å². The second kappa shape index (κ2) is 6.60. The van der Waals surface area contributed by atoms with Gasteiger partial charge in [0.25, 0.3) is 0 Å². The molecule has 110 valence electrons. The maximum atomic E-state index is 11.3. The maximum Gasteiger partial charge on any atom is 0.353 e. The highest BCUT2D eigenvalue weighted by atomic mass is 16.6. The van der Waals surface area contributed by atoms with E-state index in [9.17, 15) is 10.1 Å². The summed E-state index contributed by atoms with van der Waals surface area (Å²) in [7, 11) is 0. The maximum absolute atomic E-state index is 11.3. The van der Waals surface area contributed by atoms with Gasteiger partial charge in [0.15, 0.2) is 0 Å². The number of nitro groups is 1. The van der Waals surface area contributed by atoms with Gasteiger partial charge in [-0.25, -0.2) is 9.97 Å². The first kappa shape index (κ1) is 14.6. The van der Waals surface area contributed by atoms with Crippen molar-refractivity contribution >= 4 is 17.3 Å². The number of hydrogen-bond donors (Lipinski definition) is 2. The van der Waals surface area contributed by atoms with Gasteiger partial charge >= 0.3 is 5.69 Å². The van der Waals surface area contributed by atoms with Crippen LogP contribution in [0.2, 0.25) is 0 Å². The van der Waals surface area contributed by atoms with Crippen LogP contribution in [0.5, 0.6) is 0 Å². The first-order chi connectivity index (χ1) is 10.1. The molecular weight excluding hydrogens is 272 g/mol. The Morgan fingerprint density at radius 1 is 1.38 bits per heavy atom. The van der Waals surface area contributed by atoms with Crippen LogP contribution in [0.1, 0.15) is 25.5 Å². The molecule has 2 rings (SSSR count). The summed E-state index contributed by atoms with van der Waals surface area (Å²) in [6.45, 7) is 4.27. The number of hydrogen-bond acceptors (Lipinski definition) is 7. The largest absolute Gasteiger partial charge is 0.364 e. The molecule has 0 spiro atoms. The zero-order chi connectivity index (χ0) is 15.2. The van der Waals surface area contributed by atoms with Crippen molar-refractivity contribution in [2.45, 2.75) is 19.9 Å². The number of rotatable bonds is 6. The van der Waals surface area contributed by atoms with Crippen LogP contribution in [0.4, 0.5) is 17.3 Å². The van der Waals surface area contributed by atoms with Crippen LogP contribution in [-0.4, -0.2) is 26.4 Å². The minimum atomic E-state index is -0.490. The summed E-state index contributed by atoms with van der Waals surface area (Å²) in [4.78, 5) is 22.7. The molecule has 0 aliphatic heterocycles. The van der Waals surface area contributed by atoms with E-state index in [0.717, 1.165) is 5.56 Å². The standard InChI is InChI=1S/C13H16N6O2/c1-3-15-12-11(19(20)21)13(17-8-16-12)18-9(2)10-5-4-6-14-7-10/h4-9H,3H2,1-2H3,(H2,15,16,17,18). The molecule has 0 aliphatic carbocycles. The van der Waals surface area contributed by atoms with Crippen LogP contribution >= 0.6 is 0 Å². The van der Waals surface area contributed by atoms with Gasteiger partial charge in [0.1, 0.15) is 6.33 Å². The van der Waals surface area contributed by atoms with Crippen molar-refractivity contribution in [2.24, 2.45) is 0 Å². The van der Waals surface area contributed by atoms with E-state index in [1.54, 1.807) is 12.4 Å². The molecule has 0 aliphatic rings. The van der Waals surface area contributed by atoms with Crippen molar-refractivity contribution in [3.05, 3.63) is 46.5 Å². The Morgan fingerprint density at radius 3 is 2.76 bits per heavy atom. The molecule has 8 nitrogen and oxygen atoms in total. The van der Waals surface area contributed by atoms with Gasteiger partial charge in [-0.3, -0.25) is 15.1 Å². The van der Waals surface area contributed by atoms with Crippen LogP contribution in [-0.2, 0) is 0 Å². The number of aromatic nitrogens is 3. The summed E-state index contributed by atoms with van der Waals surface area (Å²) >= 11 is 0. The van der Waals surface area contributed by atoms with Gasteiger partial charge in [0, 0.05) is 18.9 Å². The van der Waals surface area contributed by atoms with Gasteiger partial charge < -0.3 is 10.6 Å². The zero-order valence-electron chi connectivity index (χ0n) is 11.8. The predicted molar refractivity (Wildman–Crippen MR) is 79.1 cm³/mol. The van der Waals surface area contributed by atoms with E-state index in [-0.39, 0.29) is 23.4 Å². The van der Waals surface area contributed by atoms with Gasteiger partial charge in [0.2, 0.25) is 11.6 Å². The van der Waals surface area contributed by atoms with Gasteiger partial charge in [-0.15, -0.1) is 0 Å². The fourth-order valence-electron chi connectivity index (χ4n) is 1.87. The van der Waals surface area contributed by atoms with Gasteiger partial charge in [-0.05, 0) is 25.5 Å². The van der Waals surface area contributed by atoms with Crippen LogP contribution in [0, 0.1) is 10.1 Å². The van der Waals surface area contributed by atoms with E-state index in [4.69, 9.17) is 0 Å². The van der Waals surface area contributed by atoms with Crippen molar-refractivity contribution in [2.75, 3.05) is 17.2 Å². The Labute approximate surface area is 121 Å².